The minimum atomic E-state index is -1.82. The van der Waals surface area contributed by atoms with Crippen molar-refractivity contribution in [2.24, 2.45) is 0 Å². The molecule has 0 aliphatic carbocycles. The van der Waals surface area contributed by atoms with Crippen LogP contribution in [0.4, 0.5) is 18.4 Å². The zero-order valence-corrected chi connectivity index (χ0v) is 77.6. The van der Waals surface area contributed by atoms with Crippen molar-refractivity contribution in [2.75, 3.05) is 13.1 Å². The van der Waals surface area contributed by atoms with Gasteiger partial charge in [0, 0.05) is 99.9 Å². The lowest BCUT2D eigenvalue weighted by molar-refractivity contribution is -0.144. The number of nitrogens with one attached hydrogen (secondary N) is 14. The summed E-state index contributed by atoms with van der Waals surface area (Å²) in [6.45, 7) is -0.267. The number of carboxylic acid groups (broad SMARTS) is 10. The van der Waals surface area contributed by atoms with Gasteiger partial charge in [-0.2, -0.15) is 8.78 Å². The molecule has 0 spiro atoms. The van der Waals surface area contributed by atoms with Gasteiger partial charge in [-0.3, -0.25) is 67.1 Å². The number of carbonyl (C=O) groups is 22. The van der Waals surface area contributed by atoms with Crippen LogP contribution in [0, 0.1) is 11.9 Å². The third-order valence-electron chi connectivity index (χ3n) is 21.8. The number of fused-ring (bicyclic) bond motifs is 2. The Labute approximate surface area is 827 Å². The van der Waals surface area contributed by atoms with Crippen molar-refractivity contribution in [1.29, 1.82) is 0 Å². The molecule has 10 unspecified atom stereocenters. The summed E-state index contributed by atoms with van der Waals surface area (Å²) in [4.78, 5) is 278. The van der Waals surface area contributed by atoms with E-state index < -0.39 is 267 Å². The average Bonchev–Trinajstić information content (AvgIpc) is 0.824. The van der Waals surface area contributed by atoms with Crippen LogP contribution in [-0.4, -0.2) is 265 Å². The Morgan fingerprint density at radius 3 is 0.932 bits per heavy atom. The molecule has 14 amide bonds. The van der Waals surface area contributed by atoms with Crippen LogP contribution in [0.2, 0.25) is 0 Å². The van der Waals surface area contributed by atoms with Crippen molar-refractivity contribution >= 4 is 152 Å². The van der Waals surface area contributed by atoms with Crippen molar-refractivity contribution < 1.29 is 165 Å². The summed E-state index contributed by atoms with van der Waals surface area (Å²) in [7, 11) is 0. The number of carboxylic acids is 10. The number of rotatable bonds is 58. The van der Waals surface area contributed by atoms with E-state index in [-0.39, 0.29) is 99.8 Å². The predicted octanol–water partition coefficient (Wildman–Crippen LogP) is 2.62. The summed E-state index contributed by atoms with van der Waals surface area (Å²) in [6, 6.07) is 24.2. The maximum absolute atomic E-state index is 13.6. The van der Waals surface area contributed by atoms with Crippen molar-refractivity contribution in [3.8, 4) is 0 Å². The van der Waals surface area contributed by atoms with Gasteiger partial charge in [0.1, 0.15) is 60.4 Å². The van der Waals surface area contributed by atoms with E-state index >= 15 is 0 Å². The van der Waals surface area contributed by atoms with E-state index in [2.05, 4.69) is 73.8 Å². The second-order valence-corrected chi connectivity index (χ2v) is 32.9. The molecule has 0 saturated carbocycles. The summed E-state index contributed by atoms with van der Waals surface area (Å²) < 4.78 is 26.8. The highest BCUT2D eigenvalue weighted by atomic mass is 18.2. The number of benzene rings is 6. The summed E-state index contributed by atoms with van der Waals surface area (Å²) in [5.41, 5.74) is 2.15. The lowest BCUT2D eigenvalue weighted by atomic mass is 10.0. The fraction of sp³-hybridized carbons (Fsp3) is 0.333. The number of aromatic nitrogens is 2. The fourth-order valence-corrected chi connectivity index (χ4v) is 14.0. The first-order valence-electron chi connectivity index (χ1n) is 45.0. The van der Waals surface area contributed by atoms with E-state index in [1.54, 1.807) is 12.1 Å². The van der Waals surface area contributed by atoms with Gasteiger partial charge in [0.25, 0.3) is 23.6 Å². The zero-order valence-electron chi connectivity index (χ0n) is 77.6. The zero-order chi connectivity index (χ0) is 107. The highest BCUT2D eigenvalue weighted by Gasteiger charge is 2.35. The SMILES string of the molecule is O=C(O)CCC(NC(=O)NC(CCCCNC(=O)C(Cc1ccc2ccccc2c1)NC(=O)c1ccc(CNC(=O)CC(NC(=O)C(CCC(=O)O)NC(=O)c2ccc([18F])nc2)C(=O)O)cc1)C(=O)O)C(=O)O.O=C(O)CCC(NC(=O)NC(CCCCNC(=O)C(Cc1ccc2ccccc2c1)NC(=O)c1ccc(CNC(=O)CC(NC(=O)C(CCC(=O)O)NC(=O)c2ccnc([18F])c2)C(=O)O)cc1)C(=O)O)C(=O)O. The number of unbranched alkanes of at least 4 members (excludes halogenated alkanes) is 2. The third kappa shape index (κ3) is 40.6. The molecule has 8 rings (SSSR count). The quantitative estimate of drug-likeness (QED) is 0.0192. The molecule has 48 nitrogen and oxygen atoms in total. The Bertz CT molecular complexity index is 6080. The van der Waals surface area contributed by atoms with Crippen LogP contribution in [0.15, 0.2) is 170 Å². The lowest BCUT2D eigenvalue weighted by Crippen LogP contribution is -2.52. The first-order valence-corrected chi connectivity index (χ1v) is 45.0. The summed E-state index contributed by atoms with van der Waals surface area (Å²) >= 11 is 0. The molecule has 8 aromatic rings. The molecule has 0 saturated heterocycles. The molecule has 6 aromatic carbocycles. The van der Waals surface area contributed by atoms with Gasteiger partial charge in [-0.15, -0.1) is 0 Å². The minimum Gasteiger partial charge on any atom is -0.481 e. The van der Waals surface area contributed by atoms with Gasteiger partial charge in [0.05, 0.1) is 18.4 Å². The fourth-order valence-electron chi connectivity index (χ4n) is 14.0. The second kappa shape index (κ2) is 58.2. The Morgan fingerprint density at radius 2 is 0.589 bits per heavy atom. The number of pyridine rings is 2. The minimum absolute atomic E-state index is 0.0273. The number of aliphatic carboxylic acids is 10. The predicted molar refractivity (Wildman–Crippen MR) is 504 cm³/mol. The third-order valence-corrected chi connectivity index (χ3v) is 21.8. The molecule has 0 fully saturated rings. The number of urea groups is 2. The number of hydrogen-bond acceptors (Lipinski definition) is 24. The normalized spacial score (nSPS) is 12.8. The van der Waals surface area contributed by atoms with Crippen LogP contribution in [0.25, 0.3) is 21.5 Å². The maximum Gasteiger partial charge on any atom is 0.326 e. The largest absolute Gasteiger partial charge is 0.481 e. The molecule has 2 aromatic heterocycles. The monoisotopic (exact) mass is 2030 g/mol. The van der Waals surface area contributed by atoms with Crippen molar-refractivity contribution in [1.82, 2.24) is 84.4 Å². The molecule has 0 aliphatic rings. The van der Waals surface area contributed by atoms with Gasteiger partial charge in [-0.05, 0) is 150 Å². The van der Waals surface area contributed by atoms with E-state index in [1.807, 2.05) is 83.4 Å². The van der Waals surface area contributed by atoms with Crippen LogP contribution in [0.1, 0.15) is 166 Å². The van der Waals surface area contributed by atoms with E-state index in [0.717, 1.165) is 58.2 Å². The Kier molecular flexibility index (Phi) is 45.8. The number of nitrogens with zero attached hydrogens (tertiary/aromatic N) is 2. The lowest BCUT2D eigenvalue weighted by Gasteiger charge is -2.21. The van der Waals surface area contributed by atoms with E-state index in [0.29, 0.717) is 22.3 Å². The highest BCUT2D eigenvalue weighted by molar-refractivity contribution is 6.02. The van der Waals surface area contributed by atoms with Gasteiger partial charge in [-0.25, -0.2) is 48.3 Å². The number of carbonyl (C=O) groups excluding carboxylic acids is 12. The van der Waals surface area contributed by atoms with Gasteiger partial charge >= 0.3 is 71.8 Å². The highest BCUT2D eigenvalue weighted by Crippen LogP contribution is 2.22. The van der Waals surface area contributed by atoms with Crippen molar-refractivity contribution in [2.45, 2.75) is 189 Å². The van der Waals surface area contributed by atoms with Gasteiger partial charge < -0.3 is 126 Å². The molecule has 2 heterocycles. The molecule has 10 atom stereocenters. The standard InChI is InChI=1S/2C48H53FN8O16/c49-37-17-14-31(25-51-37)42(64)53-32(15-18-39(59)60)44(66)55-36(47(71)72)23-38(58)52-24-26-8-12-29(13-9-26)41(63)54-35(22-27-10-11-28-5-1-2-6-30(28)21-27)43(65)50-20-4-3-7-33(45(67)68)56-48(73)57-34(46(69)70)16-19-40(61)62;49-37-23-31(18-20-50-37)42(64)53-32(14-16-39(59)60)44(66)55-36(47(71)72)24-38(58)52-25-26-8-12-29(13-9-26)41(63)54-35(22-27-10-11-28-5-1-2-6-30(28)21-27)43(65)51-19-4-3-7-33(45(67)68)56-48(73)57-34(46(69)70)15-17-40(61)62/h1-2,5-6,8-14,17,21,25,32-36H,3-4,7,15-16,18-20,22-24H2,(H,50,65)(H,52,58)(H,53,64)(H,54,63)(H,55,66)(H,59,60)(H,61,62)(H,67,68)(H,69,70)(H,71,72)(H2,56,57,73);1-2,5-6,8-13,18,20-21,23,32-36H,3-4,7,14-17,19,22,24-25H2,(H,51,65)(H,52,58)(H,53,64)(H,54,63)(H,55,66)(H,59,60)(H,61,62)(H,67,68)(H,69,70)(H,71,72)(H2,56,57,73)/i2*49-1. The smallest absolute Gasteiger partial charge is 0.326 e. The van der Waals surface area contributed by atoms with Crippen LogP contribution >= 0.6 is 0 Å². The van der Waals surface area contributed by atoms with Crippen molar-refractivity contribution in [3.63, 3.8) is 0 Å². The van der Waals surface area contributed by atoms with E-state index in [1.165, 1.54) is 48.5 Å². The van der Waals surface area contributed by atoms with E-state index in [9.17, 15) is 145 Å². The second-order valence-electron chi connectivity index (χ2n) is 32.9. The molecule has 0 bridgehead atoms. The molecule has 0 radical (unpaired) electrons. The van der Waals surface area contributed by atoms with Crippen LogP contribution in [0.5, 0.6) is 0 Å². The van der Waals surface area contributed by atoms with Crippen LogP contribution in [-0.2, 0) is 103 Å². The molecule has 146 heavy (non-hydrogen) atoms. The summed E-state index contributed by atoms with van der Waals surface area (Å²) in [5.74, 6) is -24.5. The molecule has 24 N–H and O–H groups in total. The summed E-state index contributed by atoms with van der Waals surface area (Å²) in [6.07, 6.45) is -3.18. The van der Waals surface area contributed by atoms with Gasteiger partial charge in [0.2, 0.25) is 47.3 Å². The van der Waals surface area contributed by atoms with Crippen molar-refractivity contribution in [3.05, 3.63) is 227 Å². The number of amides is 14. The van der Waals surface area contributed by atoms with Gasteiger partial charge in [0.15, 0.2) is 0 Å². The Morgan fingerprint density at radius 1 is 0.267 bits per heavy atom. The summed E-state index contributed by atoms with van der Waals surface area (Å²) in [5, 5.41) is 130. The van der Waals surface area contributed by atoms with E-state index in [4.69, 9.17) is 20.4 Å². The first-order chi connectivity index (χ1) is 69.4. The van der Waals surface area contributed by atoms with Crippen LogP contribution in [0.3, 0.4) is 0 Å². The Balaban J connectivity index is 0.000000396. The Hall–Kier alpha value is -18.1. The topological polar surface area (TPSA) is 772 Å². The molecular weight excluding hydrogens is 1930 g/mol. The molecule has 0 aliphatic heterocycles. The van der Waals surface area contributed by atoms with Crippen LogP contribution < -0.4 is 74.4 Å². The average molecular weight is 2030 g/mol. The molecular formula is C96H106F2N16O32. The maximum atomic E-state index is 13.6. The molecule has 50 heteroatoms. The number of halogens is 2. The van der Waals surface area contributed by atoms with Gasteiger partial charge in [-0.1, -0.05) is 109 Å². The first kappa shape index (κ1) is 115. The number of hydrogen-bond donors (Lipinski definition) is 24. The molecule has 776 valence electrons.